The standard InChI is InChI=1S/C15H23NO2/c1-15(2,10-16-12-6-7-12)11-5-8-13(17-3)14(9-11)18-4/h5,8-9,12,16H,6-7,10H2,1-4H3. The molecule has 0 spiro atoms. The van der Waals surface area contributed by atoms with E-state index in [0.717, 1.165) is 24.1 Å². The number of methoxy groups -OCH3 is 2. The van der Waals surface area contributed by atoms with Crippen molar-refractivity contribution in [3.63, 3.8) is 0 Å². The van der Waals surface area contributed by atoms with Gasteiger partial charge in [-0.15, -0.1) is 0 Å². The van der Waals surface area contributed by atoms with Gasteiger partial charge in [0, 0.05) is 18.0 Å². The van der Waals surface area contributed by atoms with Crippen LogP contribution in [0.2, 0.25) is 0 Å². The molecular formula is C15H23NO2. The highest BCUT2D eigenvalue weighted by atomic mass is 16.5. The molecule has 1 saturated carbocycles. The third-order valence-electron chi connectivity index (χ3n) is 3.58. The molecule has 0 saturated heterocycles. The van der Waals surface area contributed by atoms with Crippen LogP contribution in [0.3, 0.4) is 0 Å². The van der Waals surface area contributed by atoms with Crippen LogP contribution in [0.1, 0.15) is 32.3 Å². The Hall–Kier alpha value is -1.22. The lowest BCUT2D eigenvalue weighted by Gasteiger charge is -2.26. The van der Waals surface area contributed by atoms with Crippen LogP contribution in [-0.4, -0.2) is 26.8 Å². The van der Waals surface area contributed by atoms with Crippen LogP contribution in [0.25, 0.3) is 0 Å². The van der Waals surface area contributed by atoms with Crippen LogP contribution < -0.4 is 14.8 Å². The summed E-state index contributed by atoms with van der Waals surface area (Å²) in [7, 11) is 3.34. The molecule has 1 aliphatic carbocycles. The lowest BCUT2D eigenvalue weighted by Crippen LogP contribution is -2.34. The zero-order valence-corrected chi connectivity index (χ0v) is 11.7. The second-order valence-electron chi connectivity index (χ2n) is 5.61. The maximum Gasteiger partial charge on any atom is 0.161 e. The minimum Gasteiger partial charge on any atom is -0.493 e. The highest BCUT2D eigenvalue weighted by Crippen LogP contribution is 2.33. The van der Waals surface area contributed by atoms with Crippen molar-refractivity contribution >= 4 is 0 Å². The second kappa shape index (κ2) is 5.19. The first-order chi connectivity index (χ1) is 8.56. The Labute approximate surface area is 109 Å². The van der Waals surface area contributed by atoms with E-state index in [1.54, 1.807) is 14.2 Å². The van der Waals surface area contributed by atoms with Gasteiger partial charge in [-0.25, -0.2) is 0 Å². The van der Waals surface area contributed by atoms with Crippen LogP contribution in [0.5, 0.6) is 11.5 Å². The van der Waals surface area contributed by atoms with Crippen molar-refractivity contribution in [3.8, 4) is 11.5 Å². The molecule has 1 N–H and O–H groups in total. The van der Waals surface area contributed by atoms with Crippen molar-refractivity contribution in [2.45, 2.75) is 38.1 Å². The normalized spacial score (nSPS) is 15.6. The molecule has 0 aromatic heterocycles. The number of hydrogen-bond acceptors (Lipinski definition) is 3. The van der Waals surface area contributed by atoms with Crippen LogP contribution in [0, 0.1) is 0 Å². The average Bonchev–Trinajstić information content (AvgIpc) is 3.19. The maximum absolute atomic E-state index is 5.36. The molecule has 0 atom stereocenters. The molecule has 0 aliphatic heterocycles. The summed E-state index contributed by atoms with van der Waals surface area (Å²) < 4.78 is 10.6. The smallest absolute Gasteiger partial charge is 0.161 e. The van der Waals surface area contributed by atoms with Gasteiger partial charge in [-0.1, -0.05) is 19.9 Å². The topological polar surface area (TPSA) is 30.5 Å². The molecule has 18 heavy (non-hydrogen) atoms. The molecule has 0 bridgehead atoms. The molecule has 3 nitrogen and oxygen atoms in total. The van der Waals surface area contributed by atoms with Gasteiger partial charge in [0.05, 0.1) is 14.2 Å². The molecular weight excluding hydrogens is 226 g/mol. The van der Waals surface area contributed by atoms with Crippen molar-refractivity contribution < 1.29 is 9.47 Å². The molecule has 1 aliphatic rings. The van der Waals surface area contributed by atoms with Gasteiger partial charge in [-0.05, 0) is 30.5 Å². The van der Waals surface area contributed by atoms with E-state index in [2.05, 4.69) is 31.3 Å². The molecule has 1 fully saturated rings. The Kier molecular flexibility index (Phi) is 3.81. The van der Waals surface area contributed by atoms with Gasteiger partial charge < -0.3 is 14.8 Å². The van der Waals surface area contributed by atoms with Gasteiger partial charge in [0.25, 0.3) is 0 Å². The Morgan fingerprint density at radius 3 is 2.39 bits per heavy atom. The number of rotatable bonds is 6. The van der Waals surface area contributed by atoms with Crippen LogP contribution in [0.15, 0.2) is 18.2 Å². The molecule has 0 unspecified atom stereocenters. The quantitative estimate of drug-likeness (QED) is 0.841. The van der Waals surface area contributed by atoms with Crippen molar-refractivity contribution in [1.82, 2.24) is 5.32 Å². The predicted octanol–water partition coefficient (Wildman–Crippen LogP) is 2.73. The first kappa shape index (κ1) is 13.2. The Bertz CT molecular complexity index is 411. The van der Waals surface area contributed by atoms with E-state index in [4.69, 9.17) is 9.47 Å². The van der Waals surface area contributed by atoms with Gasteiger partial charge >= 0.3 is 0 Å². The highest BCUT2D eigenvalue weighted by molar-refractivity contribution is 5.45. The number of benzene rings is 1. The van der Waals surface area contributed by atoms with E-state index in [-0.39, 0.29) is 5.41 Å². The first-order valence-corrected chi connectivity index (χ1v) is 6.53. The monoisotopic (exact) mass is 249 g/mol. The zero-order chi connectivity index (χ0) is 13.2. The van der Waals surface area contributed by atoms with Crippen molar-refractivity contribution in [1.29, 1.82) is 0 Å². The fraction of sp³-hybridized carbons (Fsp3) is 0.600. The summed E-state index contributed by atoms with van der Waals surface area (Å²) in [4.78, 5) is 0. The van der Waals surface area contributed by atoms with Crippen LogP contribution in [0.4, 0.5) is 0 Å². The molecule has 0 amide bonds. The van der Waals surface area contributed by atoms with Crippen molar-refractivity contribution in [3.05, 3.63) is 23.8 Å². The van der Waals surface area contributed by atoms with Crippen LogP contribution >= 0.6 is 0 Å². The predicted molar refractivity (Wildman–Crippen MR) is 73.6 cm³/mol. The number of hydrogen-bond donors (Lipinski definition) is 1. The molecule has 1 aromatic rings. The van der Waals surface area contributed by atoms with Gasteiger partial charge in [-0.3, -0.25) is 0 Å². The third-order valence-corrected chi connectivity index (χ3v) is 3.58. The molecule has 0 heterocycles. The Balaban J connectivity index is 2.14. The summed E-state index contributed by atoms with van der Waals surface area (Å²) in [5.41, 5.74) is 1.37. The van der Waals surface area contributed by atoms with E-state index in [0.29, 0.717) is 0 Å². The first-order valence-electron chi connectivity index (χ1n) is 6.53. The molecule has 2 rings (SSSR count). The minimum atomic E-state index is 0.0993. The largest absolute Gasteiger partial charge is 0.493 e. The van der Waals surface area contributed by atoms with E-state index in [9.17, 15) is 0 Å². The highest BCUT2D eigenvalue weighted by Gasteiger charge is 2.27. The summed E-state index contributed by atoms with van der Waals surface area (Å²) in [5, 5.41) is 3.59. The van der Waals surface area contributed by atoms with E-state index in [1.807, 2.05) is 6.07 Å². The van der Waals surface area contributed by atoms with Gasteiger partial charge in [0.15, 0.2) is 11.5 Å². The van der Waals surface area contributed by atoms with Crippen LogP contribution in [-0.2, 0) is 5.41 Å². The molecule has 3 heteroatoms. The van der Waals surface area contributed by atoms with Gasteiger partial charge in [0.2, 0.25) is 0 Å². The molecule has 1 aromatic carbocycles. The van der Waals surface area contributed by atoms with Crippen molar-refractivity contribution in [2.75, 3.05) is 20.8 Å². The fourth-order valence-electron chi connectivity index (χ4n) is 2.05. The van der Waals surface area contributed by atoms with E-state index >= 15 is 0 Å². The average molecular weight is 249 g/mol. The Morgan fingerprint density at radius 2 is 1.83 bits per heavy atom. The Morgan fingerprint density at radius 1 is 1.17 bits per heavy atom. The van der Waals surface area contributed by atoms with E-state index < -0.39 is 0 Å². The second-order valence-corrected chi connectivity index (χ2v) is 5.61. The summed E-state index contributed by atoms with van der Waals surface area (Å²) in [6.45, 7) is 5.50. The summed E-state index contributed by atoms with van der Waals surface area (Å²) in [6.07, 6.45) is 2.64. The van der Waals surface area contributed by atoms with Gasteiger partial charge in [0.1, 0.15) is 0 Å². The summed E-state index contributed by atoms with van der Waals surface area (Å²) >= 11 is 0. The zero-order valence-electron chi connectivity index (χ0n) is 11.7. The lowest BCUT2D eigenvalue weighted by molar-refractivity contribution is 0.352. The molecule has 100 valence electrons. The number of ether oxygens (including phenoxy) is 2. The number of nitrogens with one attached hydrogen (secondary N) is 1. The minimum absolute atomic E-state index is 0.0993. The fourth-order valence-corrected chi connectivity index (χ4v) is 2.05. The summed E-state index contributed by atoms with van der Waals surface area (Å²) in [5.74, 6) is 1.58. The van der Waals surface area contributed by atoms with E-state index in [1.165, 1.54) is 18.4 Å². The van der Waals surface area contributed by atoms with Crippen molar-refractivity contribution in [2.24, 2.45) is 0 Å². The summed E-state index contributed by atoms with van der Waals surface area (Å²) in [6, 6.07) is 6.92. The molecule has 0 radical (unpaired) electrons. The van der Waals surface area contributed by atoms with Gasteiger partial charge in [-0.2, -0.15) is 0 Å². The third kappa shape index (κ3) is 2.96. The SMILES string of the molecule is COc1ccc(C(C)(C)CNC2CC2)cc1OC. The lowest BCUT2D eigenvalue weighted by atomic mass is 9.84. The maximum atomic E-state index is 5.36.